The van der Waals surface area contributed by atoms with Crippen LogP contribution in [0, 0.1) is 0 Å². The number of nitrogens with two attached hydrogens (primary N) is 1. The monoisotopic (exact) mass is 272 g/mol. The Morgan fingerprint density at radius 1 is 1.05 bits per heavy atom. The highest BCUT2D eigenvalue weighted by atomic mass is 32.1. The van der Waals surface area contributed by atoms with Gasteiger partial charge in [0.05, 0.1) is 0 Å². The third-order valence-electron chi connectivity index (χ3n) is 2.71. The first-order valence-electron chi connectivity index (χ1n) is 5.91. The van der Waals surface area contributed by atoms with Crippen molar-refractivity contribution in [1.82, 2.24) is 0 Å². The van der Waals surface area contributed by atoms with Crippen molar-refractivity contribution in [3.05, 3.63) is 54.1 Å². The summed E-state index contributed by atoms with van der Waals surface area (Å²) in [7, 11) is 3.99. The number of nitrogens with zero attached hydrogens (tertiary/aromatic N) is 1. The number of benzene rings is 2. The fraction of sp³-hybridized carbons (Fsp3) is 0.133. The minimum atomic E-state index is 0.390. The molecule has 0 aliphatic rings. The highest BCUT2D eigenvalue weighted by Crippen LogP contribution is 2.25. The molecule has 0 saturated heterocycles. The van der Waals surface area contributed by atoms with E-state index in [4.69, 9.17) is 22.7 Å². The van der Waals surface area contributed by atoms with Gasteiger partial charge in [-0.2, -0.15) is 0 Å². The van der Waals surface area contributed by atoms with Crippen LogP contribution in [0.25, 0.3) is 0 Å². The lowest BCUT2D eigenvalue weighted by molar-refractivity contribution is 0.482. The first-order valence-corrected chi connectivity index (χ1v) is 6.32. The third kappa shape index (κ3) is 3.45. The summed E-state index contributed by atoms with van der Waals surface area (Å²) in [6.07, 6.45) is 0. The van der Waals surface area contributed by atoms with Gasteiger partial charge in [-0.3, -0.25) is 0 Å². The summed E-state index contributed by atoms with van der Waals surface area (Å²) in [5, 5.41) is 0. The highest BCUT2D eigenvalue weighted by molar-refractivity contribution is 7.80. The van der Waals surface area contributed by atoms with E-state index >= 15 is 0 Å². The molecular formula is C15H16N2OS. The number of rotatable bonds is 4. The van der Waals surface area contributed by atoms with Crippen LogP contribution in [0.1, 0.15) is 5.56 Å². The molecule has 2 aromatic rings. The fourth-order valence-corrected chi connectivity index (χ4v) is 1.78. The van der Waals surface area contributed by atoms with Crippen molar-refractivity contribution in [2.45, 2.75) is 0 Å². The Balaban J connectivity index is 2.16. The van der Waals surface area contributed by atoms with Crippen LogP contribution in [0.3, 0.4) is 0 Å². The Morgan fingerprint density at radius 2 is 1.74 bits per heavy atom. The molecule has 0 aliphatic carbocycles. The Bertz CT molecular complexity index is 579. The third-order valence-corrected chi connectivity index (χ3v) is 2.94. The second kappa shape index (κ2) is 5.71. The standard InChI is InChI=1S/C15H16N2OS/c1-17(2)12-4-3-5-14(10-12)18-13-8-6-11(7-9-13)15(16)19/h3-10H,1-2H3,(H2,16,19). The second-order valence-corrected chi connectivity index (χ2v) is 4.82. The molecular weight excluding hydrogens is 256 g/mol. The normalized spacial score (nSPS) is 10.0. The van der Waals surface area contributed by atoms with E-state index in [1.54, 1.807) is 0 Å². The summed E-state index contributed by atoms with van der Waals surface area (Å²) in [4.78, 5) is 2.42. The van der Waals surface area contributed by atoms with Gasteiger partial charge < -0.3 is 15.4 Å². The smallest absolute Gasteiger partial charge is 0.129 e. The summed E-state index contributed by atoms with van der Waals surface area (Å²) in [5.41, 5.74) is 7.49. The summed E-state index contributed by atoms with van der Waals surface area (Å²) in [6.45, 7) is 0. The molecule has 19 heavy (non-hydrogen) atoms. The molecule has 0 radical (unpaired) electrons. The molecule has 4 heteroatoms. The molecule has 2 N–H and O–H groups in total. The van der Waals surface area contributed by atoms with Crippen LogP contribution in [0.15, 0.2) is 48.5 Å². The maximum Gasteiger partial charge on any atom is 0.129 e. The minimum Gasteiger partial charge on any atom is -0.457 e. The molecule has 3 nitrogen and oxygen atoms in total. The van der Waals surface area contributed by atoms with Gasteiger partial charge in [-0.15, -0.1) is 0 Å². The summed E-state index contributed by atoms with van der Waals surface area (Å²) in [5.74, 6) is 1.56. The topological polar surface area (TPSA) is 38.5 Å². The Labute approximate surface area is 118 Å². The van der Waals surface area contributed by atoms with Crippen LogP contribution in [0.5, 0.6) is 11.5 Å². The van der Waals surface area contributed by atoms with Gasteiger partial charge in [-0.1, -0.05) is 18.3 Å². The Kier molecular flexibility index (Phi) is 4.02. The zero-order valence-electron chi connectivity index (χ0n) is 11.0. The molecule has 0 amide bonds. The van der Waals surface area contributed by atoms with Gasteiger partial charge in [0.25, 0.3) is 0 Å². The predicted octanol–water partition coefficient (Wildman–Crippen LogP) is 3.18. The van der Waals surface area contributed by atoms with Gasteiger partial charge in [0.1, 0.15) is 16.5 Å². The average Bonchev–Trinajstić information content (AvgIpc) is 2.39. The molecule has 0 bridgehead atoms. The predicted molar refractivity (Wildman–Crippen MR) is 83.2 cm³/mol. The number of ether oxygens (including phenoxy) is 1. The van der Waals surface area contributed by atoms with E-state index in [0.717, 1.165) is 22.7 Å². The number of hydrogen-bond acceptors (Lipinski definition) is 3. The van der Waals surface area contributed by atoms with E-state index < -0.39 is 0 Å². The molecule has 0 heterocycles. The van der Waals surface area contributed by atoms with E-state index in [1.165, 1.54) is 0 Å². The fourth-order valence-electron chi connectivity index (χ4n) is 1.65. The molecule has 98 valence electrons. The first-order chi connectivity index (χ1) is 9.06. The van der Waals surface area contributed by atoms with Crippen LogP contribution in [-0.4, -0.2) is 19.1 Å². The lowest BCUT2D eigenvalue weighted by atomic mass is 10.2. The van der Waals surface area contributed by atoms with Crippen molar-refractivity contribution < 1.29 is 4.74 Å². The van der Waals surface area contributed by atoms with Gasteiger partial charge in [0.15, 0.2) is 0 Å². The van der Waals surface area contributed by atoms with Crippen molar-refractivity contribution in [2.75, 3.05) is 19.0 Å². The van der Waals surface area contributed by atoms with Crippen LogP contribution in [0.2, 0.25) is 0 Å². The maximum absolute atomic E-state index is 5.79. The summed E-state index contributed by atoms with van der Waals surface area (Å²) < 4.78 is 5.79. The number of hydrogen-bond donors (Lipinski definition) is 1. The van der Waals surface area contributed by atoms with Crippen LogP contribution >= 0.6 is 12.2 Å². The van der Waals surface area contributed by atoms with Crippen molar-refractivity contribution in [3.8, 4) is 11.5 Å². The molecule has 0 unspecified atom stereocenters. The molecule has 2 rings (SSSR count). The lowest BCUT2D eigenvalue weighted by Gasteiger charge is -2.14. The molecule has 0 aliphatic heterocycles. The molecule has 2 aromatic carbocycles. The first kappa shape index (κ1) is 13.4. The van der Waals surface area contributed by atoms with E-state index in [0.29, 0.717) is 4.99 Å². The van der Waals surface area contributed by atoms with Crippen LogP contribution in [-0.2, 0) is 0 Å². The lowest BCUT2D eigenvalue weighted by Crippen LogP contribution is -2.08. The SMILES string of the molecule is CN(C)c1cccc(Oc2ccc(C(N)=S)cc2)c1. The van der Waals surface area contributed by atoms with Crippen LogP contribution < -0.4 is 15.4 Å². The molecule has 0 saturated carbocycles. The van der Waals surface area contributed by atoms with Gasteiger partial charge in [-0.05, 0) is 36.4 Å². The van der Waals surface area contributed by atoms with E-state index in [9.17, 15) is 0 Å². The minimum absolute atomic E-state index is 0.390. The summed E-state index contributed by atoms with van der Waals surface area (Å²) in [6, 6.07) is 15.3. The van der Waals surface area contributed by atoms with Gasteiger partial charge in [-0.25, -0.2) is 0 Å². The molecule has 0 spiro atoms. The van der Waals surface area contributed by atoms with Crippen LogP contribution in [0.4, 0.5) is 5.69 Å². The van der Waals surface area contributed by atoms with Crippen molar-refractivity contribution >= 4 is 22.9 Å². The highest BCUT2D eigenvalue weighted by Gasteiger charge is 2.01. The largest absolute Gasteiger partial charge is 0.457 e. The van der Waals surface area contributed by atoms with E-state index in [-0.39, 0.29) is 0 Å². The van der Waals surface area contributed by atoms with E-state index in [2.05, 4.69) is 0 Å². The van der Waals surface area contributed by atoms with Gasteiger partial charge in [0.2, 0.25) is 0 Å². The second-order valence-electron chi connectivity index (χ2n) is 4.38. The average molecular weight is 272 g/mol. The molecule has 0 fully saturated rings. The molecule has 0 atom stereocenters. The number of anilines is 1. The van der Waals surface area contributed by atoms with Gasteiger partial charge in [0, 0.05) is 31.4 Å². The van der Waals surface area contributed by atoms with Gasteiger partial charge >= 0.3 is 0 Å². The Hall–Kier alpha value is -2.07. The zero-order chi connectivity index (χ0) is 13.8. The number of thiocarbonyl (C=S) groups is 1. The maximum atomic E-state index is 5.79. The van der Waals surface area contributed by atoms with Crippen molar-refractivity contribution in [1.29, 1.82) is 0 Å². The van der Waals surface area contributed by atoms with E-state index in [1.807, 2.05) is 67.5 Å². The van der Waals surface area contributed by atoms with Crippen molar-refractivity contribution in [3.63, 3.8) is 0 Å². The summed E-state index contributed by atoms with van der Waals surface area (Å²) >= 11 is 4.91. The van der Waals surface area contributed by atoms with Crippen molar-refractivity contribution in [2.24, 2.45) is 5.73 Å². The zero-order valence-corrected chi connectivity index (χ0v) is 11.8. The Morgan fingerprint density at radius 3 is 2.32 bits per heavy atom. The quantitative estimate of drug-likeness (QED) is 0.868. The molecule has 0 aromatic heterocycles.